The van der Waals surface area contributed by atoms with Gasteiger partial charge in [0.05, 0.1) is 22.3 Å². The van der Waals surface area contributed by atoms with Gasteiger partial charge >= 0.3 is 5.97 Å². The van der Waals surface area contributed by atoms with Crippen molar-refractivity contribution in [2.24, 2.45) is 0 Å². The molecule has 0 spiro atoms. The summed E-state index contributed by atoms with van der Waals surface area (Å²) in [5, 5.41) is 4.94. The molecule has 34 heavy (non-hydrogen) atoms. The standard InChI is InChI=1S/C24H16BrN5O3S/c25-17-6-3-14(4-7-17)20-13-34-24(29-20)30-21(31)12-33-23(32)15-5-8-18-19(10-15)28-22(27-18)16-2-1-9-26-11-16/h1-11,13H,12H2,(H,27,28)(H,29,30,31). The molecule has 3 aromatic heterocycles. The maximum absolute atomic E-state index is 12.5. The molecule has 0 aliphatic carbocycles. The summed E-state index contributed by atoms with van der Waals surface area (Å²) in [6.45, 7) is -0.423. The lowest BCUT2D eigenvalue weighted by molar-refractivity contribution is -0.119. The minimum Gasteiger partial charge on any atom is -0.452 e. The number of pyridine rings is 1. The number of aromatic amines is 1. The number of thiazole rings is 1. The fourth-order valence-electron chi connectivity index (χ4n) is 3.23. The maximum atomic E-state index is 12.5. The number of ether oxygens (including phenoxy) is 1. The van der Waals surface area contributed by atoms with Crippen LogP contribution in [0.25, 0.3) is 33.7 Å². The normalized spacial score (nSPS) is 10.9. The SMILES string of the molecule is O=C(COC(=O)c1ccc2nc(-c3cccnc3)[nH]c2c1)Nc1nc(-c2ccc(Br)cc2)cs1. The Kier molecular flexibility index (Phi) is 6.15. The molecule has 1 amide bonds. The van der Waals surface area contributed by atoms with Crippen LogP contribution in [0.5, 0.6) is 0 Å². The second kappa shape index (κ2) is 9.54. The lowest BCUT2D eigenvalue weighted by atomic mass is 10.2. The topological polar surface area (TPSA) is 110 Å². The summed E-state index contributed by atoms with van der Waals surface area (Å²) in [4.78, 5) is 40.9. The van der Waals surface area contributed by atoms with Gasteiger partial charge in [0.2, 0.25) is 0 Å². The number of nitrogens with one attached hydrogen (secondary N) is 2. The van der Waals surface area contributed by atoms with E-state index in [1.54, 1.807) is 30.6 Å². The van der Waals surface area contributed by atoms with E-state index in [2.05, 4.69) is 41.2 Å². The van der Waals surface area contributed by atoms with Gasteiger partial charge in [-0.25, -0.2) is 14.8 Å². The Hall–Kier alpha value is -3.89. The molecule has 0 aliphatic rings. The molecule has 8 nitrogen and oxygen atoms in total. The molecule has 2 aromatic carbocycles. The molecule has 2 N–H and O–H groups in total. The van der Waals surface area contributed by atoms with Crippen molar-refractivity contribution in [3.8, 4) is 22.6 Å². The summed E-state index contributed by atoms with van der Waals surface area (Å²) in [5.74, 6) is -0.422. The number of fused-ring (bicyclic) bond motifs is 1. The number of rotatable bonds is 6. The van der Waals surface area contributed by atoms with Gasteiger partial charge in [-0.2, -0.15) is 0 Å². The number of esters is 1. The van der Waals surface area contributed by atoms with Crippen LogP contribution in [0.3, 0.4) is 0 Å². The zero-order chi connectivity index (χ0) is 23.5. The predicted molar refractivity (Wildman–Crippen MR) is 133 cm³/mol. The molecule has 0 fully saturated rings. The molecule has 0 bridgehead atoms. The predicted octanol–water partition coefficient (Wildman–Crippen LogP) is 5.31. The second-order valence-electron chi connectivity index (χ2n) is 7.23. The zero-order valence-corrected chi connectivity index (χ0v) is 19.9. The average molecular weight is 534 g/mol. The van der Waals surface area contributed by atoms with Crippen molar-refractivity contribution < 1.29 is 14.3 Å². The van der Waals surface area contributed by atoms with Crippen LogP contribution in [0, 0.1) is 0 Å². The number of benzene rings is 2. The fourth-order valence-corrected chi connectivity index (χ4v) is 4.23. The van der Waals surface area contributed by atoms with Crippen LogP contribution in [0.4, 0.5) is 5.13 Å². The molecule has 5 aromatic rings. The highest BCUT2D eigenvalue weighted by atomic mass is 79.9. The second-order valence-corrected chi connectivity index (χ2v) is 9.00. The number of hydrogen-bond donors (Lipinski definition) is 2. The Morgan fingerprint density at radius 2 is 1.91 bits per heavy atom. The Morgan fingerprint density at radius 1 is 1.06 bits per heavy atom. The van der Waals surface area contributed by atoms with Gasteiger partial charge < -0.3 is 9.72 Å². The van der Waals surface area contributed by atoms with E-state index >= 15 is 0 Å². The number of imidazole rings is 1. The van der Waals surface area contributed by atoms with Crippen LogP contribution in [-0.2, 0) is 9.53 Å². The molecule has 5 rings (SSSR count). The van der Waals surface area contributed by atoms with Gasteiger partial charge in [0.15, 0.2) is 11.7 Å². The van der Waals surface area contributed by atoms with Gasteiger partial charge in [0.1, 0.15) is 5.82 Å². The first-order valence-electron chi connectivity index (χ1n) is 10.1. The fraction of sp³-hybridized carbons (Fsp3) is 0.0417. The van der Waals surface area contributed by atoms with E-state index in [0.717, 1.165) is 21.3 Å². The van der Waals surface area contributed by atoms with E-state index in [-0.39, 0.29) is 0 Å². The first-order valence-corrected chi connectivity index (χ1v) is 11.8. The molecular formula is C24H16BrN5O3S. The molecule has 10 heteroatoms. The van der Waals surface area contributed by atoms with E-state index in [9.17, 15) is 9.59 Å². The van der Waals surface area contributed by atoms with Crippen LogP contribution in [-0.4, -0.2) is 38.4 Å². The quantitative estimate of drug-likeness (QED) is 0.286. The molecule has 0 unspecified atom stereocenters. The molecule has 168 valence electrons. The number of carbonyl (C=O) groups is 2. The first-order chi connectivity index (χ1) is 16.5. The molecular weight excluding hydrogens is 518 g/mol. The van der Waals surface area contributed by atoms with E-state index in [0.29, 0.717) is 27.6 Å². The smallest absolute Gasteiger partial charge is 0.338 e. The van der Waals surface area contributed by atoms with Gasteiger partial charge in [-0.3, -0.25) is 15.1 Å². The van der Waals surface area contributed by atoms with Gasteiger partial charge in [-0.15, -0.1) is 11.3 Å². The molecule has 0 atom stereocenters. The van der Waals surface area contributed by atoms with Gasteiger partial charge in [0.25, 0.3) is 5.91 Å². The van der Waals surface area contributed by atoms with Crippen LogP contribution in [0.2, 0.25) is 0 Å². The first kappa shape index (κ1) is 21.9. The summed E-state index contributed by atoms with van der Waals surface area (Å²) in [6.07, 6.45) is 3.39. The Morgan fingerprint density at radius 3 is 2.71 bits per heavy atom. The van der Waals surface area contributed by atoms with Gasteiger partial charge in [0, 0.05) is 33.4 Å². The maximum Gasteiger partial charge on any atom is 0.338 e. The summed E-state index contributed by atoms with van der Waals surface area (Å²) in [7, 11) is 0. The number of anilines is 1. The molecule has 0 radical (unpaired) electrons. The largest absolute Gasteiger partial charge is 0.452 e. The van der Waals surface area contributed by atoms with E-state index < -0.39 is 18.5 Å². The van der Waals surface area contributed by atoms with Crippen LogP contribution < -0.4 is 5.32 Å². The highest BCUT2D eigenvalue weighted by Gasteiger charge is 2.14. The van der Waals surface area contributed by atoms with Crippen LogP contribution >= 0.6 is 27.3 Å². The number of nitrogens with zero attached hydrogens (tertiary/aromatic N) is 3. The van der Waals surface area contributed by atoms with E-state index in [1.807, 2.05) is 41.8 Å². The summed E-state index contributed by atoms with van der Waals surface area (Å²) in [6, 6.07) is 16.4. The third-order valence-corrected chi connectivity index (χ3v) is 6.16. The van der Waals surface area contributed by atoms with Crippen molar-refractivity contribution in [1.29, 1.82) is 0 Å². The van der Waals surface area contributed by atoms with Gasteiger partial charge in [-0.05, 0) is 42.5 Å². The van der Waals surface area contributed by atoms with Crippen LogP contribution in [0.1, 0.15) is 10.4 Å². The zero-order valence-electron chi connectivity index (χ0n) is 17.5. The van der Waals surface area contributed by atoms with Crippen molar-refractivity contribution in [1.82, 2.24) is 19.9 Å². The van der Waals surface area contributed by atoms with E-state index in [1.165, 1.54) is 11.3 Å². The summed E-state index contributed by atoms with van der Waals surface area (Å²) in [5.41, 5.74) is 4.23. The lowest BCUT2D eigenvalue weighted by Crippen LogP contribution is -2.20. The Labute approximate surface area is 206 Å². The van der Waals surface area contributed by atoms with Gasteiger partial charge in [-0.1, -0.05) is 28.1 Å². The van der Waals surface area contributed by atoms with Crippen molar-refractivity contribution in [2.75, 3.05) is 11.9 Å². The van der Waals surface area contributed by atoms with Crippen molar-refractivity contribution in [2.45, 2.75) is 0 Å². The average Bonchev–Trinajstić information content (AvgIpc) is 3.50. The highest BCUT2D eigenvalue weighted by molar-refractivity contribution is 9.10. The van der Waals surface area contributed by atoms with Crippen LogP contribution in [0.15, 0.2) is 76.8 Å². The third-order valence-electron chi connectivity index (χ3n) is 4.88. The number of carbonyl (C=O) groups excluding carboxylic acids is 2. The third kappa shape index (κ3) is 4.87. The minimum atomic E-state index is -0.607. The number of halogens is 1. The lowest BCUT2D eigenvalue weighted by Gasteiger charge is -2.05. The number of H-pyrrole nitrogens is 1. The highest BCUT2D eigenvalue weighted by Crippen LogP contribution is 2.26. The number of amides is 1. The monoisotopic (exact) mass is 533 g/mol. The molecule has 0 aliphatic heterocycles. The molecule has 0 saturated heterocycles. The van der Waals surface area contributed by atoms with Crippen molar-refractivity contribution in [3.05, 3.63) is 82.4 Å². The van der Waals surface area contributed by atoms with E-state index in [4.69, 9.17) is 4.74 Å². The molecule has 0 saturated carbocycles. The Bertz CT molecular complexity index is 1480. The van der Waals surface area contributed by atoms with Crippen molar-refractivity contribution in [3.63, 3.8) is 0 Å². The Balaban J connectivity index is 1.20. The molecule has 3 heterocycles. The number of hydrogen-bond acceptors (Lipinski definition) is 7. The summed E-state index contributed by atoms with van der Waals surface area (Å²) >= 11 is 4.70. The van der Waals surface area contributed by atoms with Crippen molar-refractivity contribution >= 4 is 55.3 Å². The minimum absolute atomic E-state index is 0.313. The number of aromatic nitrogens is 4. The summed E-state index contributed by atoms with van der Waals surface area (Å²) < 4.78 is 6.16.